The number of nitriles is 1. The van der Waals surface area contributed by atoms with Crippen molar-refractivity contribution in [3.05, 3.63) is 106 Å². The Hall–Kier alpha value is -5.09. The SMILES string of the molecule is CCC(C(=O)Nc1oc(-c2ccccc2)c(-c2ccccc2)c1C#N)n1c(=O)cc(C)c2cccc(OC)c21. The minimum absolute atomic E-state index is 0.0371. The Balaban J connectivity index is 1.64. The zero-order valence-corrected chi connectivity index (χ0v) is 21.9. The number of benzene rings is 3. The van der Waals surface area contributed by atoms with Gasteiger partial charge in [-0.3, -0.25) is 19.5 Å². The predicted molar refractivity (Wildman–Crippen MR) is 152 cm³/mol. The predicted octanol–water partition coefficient (Wildman–Crippen LogP) is 6.71. The fourth-order valence-corrected chi connectivity index (χ4v) is 4.99. The van der Waals surface area contributed by atoms with Gasteiger partial charge >= 0.3 is 0 Å². The molecule has 7 nitrogen and oxygen atoms in total. The standard InChI is InChI=1S/C32H27N3O4/c1-4-25(35-27(36)18-20(2)23-16-11-17-26(38-3)29(23)35)31(37)34-32-24(19-33)28(21-12-7-5-8-13-21)30(39-32)22-14-9-6-10-15-22/h5-18,25H,4H2,1-3H3,(H,34,37). The van der Waals surface area contributed by atoms with Crippen molar-refractivity contribution < 1.29 is 13.9 Å². The molecule has 1 amide bonds. The molecule has 0 aliphatic carbocycles. The van der Waals surface area contributed by atoms with Crippen LogP contribution in [0.1, 0.15) is 30.5 Å². The molecular formula is C32H27N3O4. The molecule has 0 spiro atoms. The van der Waals surface area contributed by atoms with Crippen LogP contribution in [0.5, 0.6) is 5.75 Å². The Labute approximate surface area is 225 Å². The van der Waals surface area contributed by atoms with Crippen molar-refractivity contribution >= 4 is 22.7 Å². The lowest BCUT2D eigenvalue weighted by atomic mass is 9.98. The van der Waals surface area contributed by atoms with Crippen LogP contribution < -0.4 is 15.6 Å². The fraction of sp³-hybridized carbons (Fsp3) is 0.156. The second kappa shape index (κ2) is 10.7. The van der Waals surface area contributed by atoms with Crippen LogP contribution in [0.15, 0.2) is 94.1 Å². The van der Waals surface area contributed by atoms with Crippen molar-refractivity contribution in [2.45, 2.75) is 26.3 Å². The van der Waals surface area contributed by atoms with Gasteiger partial charge in [-0.1, -0.05) is 79.7 Å². The van der Waals surface area contributed by atoms with Crippen LogP contribution in [0.25, 0.3) is 33.4 Å². The van der Waals surface area contributed by atoms with E-state index in [1.165, 1.54) is 17.7 Å². The van der Waals surface area contributed by atoms with Crippen LogP contribution in [0.3, 0.4) is 0 Å². The van der Waals surface area contributed by atoms with E-state index in [-0.39, 0.29) is 17.0 Å². The van der Waals surface area contributed by atoms with E-state index in [1.54, 1.807) is 6.07 Å². The Morgan fingerprint density at radius 2 is 1.69 bits per heavy atom. The number of fused-ring (bicyclic) bond motifs is 1. The number of furan rings is 1. The Morgan fingerprint density at radius 1 is 1.03 bits per heavy atom. The second-order valence-electron chi connectivity index (χ2n) is 9.16. The molecule has 0 bridgehead atoms. The molecule has 1 atom stereocenters. The molecule has 39 heavy (non-hydrogen) atoms. The summed E-state index contributed by atoms with van der Waals surface area (Å²) in [5, 5.41) is 13.8. The number of para-hydroxylation sites is 1. The van der Waals surface area contributed by atoms with Crippen molar-refractivity contribution in [3.8, 4) is 34.3 Å². The first-order valence-electron chi connectivity index (χ1n) is 12.7. The van der Waals surface area contributed by atoms with Crippen LogP contribution in [0.4, 0.5) is 5.88 Å². The van der Waals surface area contributed by atoms with Gasteiger partial charge in [0, 0.05) is 22.6 Å². The zero-order valence-electron chi connectivity index (χ0n) is 21.9. The minimum Gasteiger partial charge on any atom is -0.495 e. The fourth-order valence-electron chi connectivity index (χ4n) is 4.99. The largest absolute Gasteiger partial charge is 0.495 e. The molecular weight excluding hydrogens is 490 g/mol. The average Bonchev–Trinajstić information content (AvgIpc) is 3.33. The summed E-state index contributed by atoms with van der Waals surface area (Å²) in [5.41, 5.74) is 3.37. The number of aromatic nitrogens is 1. The molecule has 0 fully saturated rings. The smallest absolute Gasteiger partial charge is 0.252 e. The molecule has 3 aromatic carbocycles. The highest BCUT2D eigenvalue weighted by Gasteiger charge is 2.28. The monoisotopic (exact) mass is 517 g/mol. The number of nitrogens with zero attached hydrogens (tertiary/aromatic N) is 2. The van der Waals surface area contributed by atoms with Gasteiger partial charge in [-0.25, -0.2) is 0 Å². The third-order valence-electron chi connectivity index (χ3n) is 6.82. The number of rotatable bonds is 7. The maximum atomic E-state index is 13.8. The number of anilines is 1. The van der Waals surface area contributed by atoms with Gasteiger partial charge in [-0.15, -0.1) is 0 Å². The summed E-state index contributed by atoms with van der Waals surface area (Å²) >= 11 is 0. The van der Waals surface area contributed by atoms with Gasteiger partial charge < -0.3 is 9.15 Å². The van der Waals surface area contributed by atoms with E-state index in [0.717, 1.165) is 22.1 Å². The van der Waals surface area contributed by atoms with Crippen molar-refractivity contribution in [3.63, 3.8) is 0 Å². The number of hydrogen-bond acceptors (Lipinski definition) is 5. The molecule has 0 saturated carbocycles. The highest BCUT2D eigenvalue weighted by atomic mass is 16.5. The highest BCUT2D eigenvalue weighted by Crippen LogP contribution is 2.41. The molecule has 2 heterocycles. The molecule has 1 N–H and O–H groups in total. The maximum absolute atomic E-state index is 13.8. The van der Waals surface area contributed by atoms with Gasteiger partial charge in [0.2, 0.25) is 11.8 Å². The molecule has 5 rings (SSSR count). The highest BCUT2D eigenvalue weighted by molar-refractivity contribution is 5.98. The summed E-state index contributed by atoms with van der Waals surface area (Å²) in [7, 11) is 1.53. The van der Waals surface area contributed by atoms with Gasteiger partial charge in [-0.05, 0) is 30.5 Å². The lowest BCUT2D eigenvalue weighted by molar-refractivity contribution is -0.119. The molecule has 7 heteroatoms. The Bertz CT molecular complexity index is 1760. The number of carbonyl (C=O) groups excluding carboxylic acids is 1. The zero-order chi connectivity index (χ0) is 27.5. The molecule has 5 aromatic rings. The van der Waals surface area contributed by atoms with E-state index in [4.69, 9.17) is 9.15 Å². The van der Waals surface area contributed by atoms with Gasteiger partial charge in [0.25, 0.3) is 5.56 Å². The quantitative estimate of drug-likeness (QED) is 0.259. The topological polar surface area (TPSA) is 97.3 Å². The Morgan fingerprint density at radius 3 is 2.31 bits per heavy atom. The summed E-state index contributed by atoms with van der Waals surface area (Å²) in [6, 6.07) is 27.2. The van der Waals surface area contributed by atoms with E-state index >= 15 is 0 Å². The third kappa shape index (κ3) is 4.57. The normalized spacial score (nSPS) is 11.6. The first-order chi connectivity index (χ1) is 19.0. The Kier molecular flexibility index (Phi) is 7.02. The van der Waals surface area contributed by atoms with Crippen LogP contribution >= 0.6 is 0 Å². The number of ether oxygens (including phenoxy) is 1. The van der Waals surface area contributed by atoms with Gasteiger partial charge in [-0.2, -0.15) is 5.26 Å². The lowest BCUT2D eigenvalue weighted by Crippen LogP contribution is -2.33. The average molecular weight is 518 g/mol. The number of amides is 1. The van der Waals surface area contributed by atoms with Crippen LogP contribution in [0, 0.1) is 18.3 Å². The van der Waals surface area contributed by atoms with Gasteiger partial charge in [0.15, 0.2) is 0 Å². The van der Waals surface area contributed by atoms with E-state index in [9.17, 15) is 14.9 Å². The van der Waals surface area contributed by atoms with Crippen LogP contribution in [-0.2, 0) is 4.79 Å². The minimum atomic E-state index is -0.881. The molecule has 194 valence electrons. The third-order valence-corrected chi connectivity index (χ3v) is 6.82. The van der Waals surface area contributed by atoms with E-state index in [0.29, 0.717) is 29.0 Å². The first kappa shape index (κ1) is 25.6. The van der Waals surface area contributed by atoms with E-state index in [2.05, 4.69) is 11.4 Å². The number of hydrogen-bond donors (Lipinski definition) is 1. The van der Waals surface area contributed by atoms with E-state index in [1.807, 2.05) is 86.6 Å². The number of aryl methyl sites for hydroxylation is 1. The number of pyridine rings is 1. The summed E-state index contributed by atoms with van der Waals surface area (Å²) in [5.74, 6) is 0.532. The summed E-state index contributed by atoms with van der Waals surface area (Å²) in [6.45, 7) is 3.68. The maximum Gasteiger partial charge on any atom is 0.252 e. The van der Waals surface area contributed by atoms with Crippen molar-refractivity contribution in [2.75, 3.05) is 12.4 Å². The second-order valence-corrected chi connectivity index (χ2v) is 9.16. The van der Waals surface area contributed by atoms with Gasteiger partial charge in [0.05, 0.1) is 12.6 Å². The van der Waals surface area contributed by atoms with Crippen molar-refractivity contribution in [1.29, 1.82) is 5.26 Å². The van der Waals surface area contributed by atoms with Crippen LogP contribution in [0.2, 0.25) is 0 Å². The number of nitrogens with one attached hydrogen (secondary N) is 1. The summed E-state index contributed by atoms with van der Waals surface area (Å²) in [4.78, 5) is 27.1. The molecule has 0 aliphatic heterocycles. The summed E-state index contributed by atoms with van der Waals surface area (Å²) < 4.78 is 13.2. The molecule has 0 aliphatic rings. The van der Waals surface area contributed by atoms with Gasteiger partial charge in [0.1, 0.15) is 29.2 Å². The molecule has 1 unspecified atom stereocenters. The van der Waals surface area contributed by atoms with Crippen molar-refractivity contribution in [1.82, 2.24) is 4.57 Å². The van der Waals surface area contributed by atoms with E-state index < -0.39 is 11.9 Å². The number of carbonyl (C=O) groups is 1. The summed E-state index contributed by atoms with van der Waals surface area (Å²) in [6.07, 6.45) is 0.321. The van der Waals surface area contributed by atoms with Crippen LogP contribution in [-0.4, -0.2) is 17.6 Å². The lowest BCUT2D eigenvalue weighted by Gasteiger charge is -2.21. The first-order valence-corrected chi connectivity index (χ1v) is 12.7. The number of methoxy groups -OCH3 is 1. The van der Waals surface area contributed by atoms with Crippen molar-refractivity contribution in [2.24, 2.45) is 0 Å². The molecule has 0 radical (unpaired) electrons. The molecule has 0 saturated heterocycles. The molecule has 2 aromatic heterocycles.